The van der Waals surface area contributed by atoms with Gasteiger partial charge in [0.15, 0.2) is 5.96 Å². The van der Waals surface area contributed by atoms with Crippen molar-refractivity contribution in [2.45, 2.75) is 45.6 Å². The Hall–Kier alpha value is -1.75. The van der Waals surface area contributed by atoms with Gasteiger partial charge in [-0.3, -0.25) is 9.89 Å². The van der Waals surface area contributed by atoms with Crippen molar-refractivity contribution >= 4 is 11.6 Å². The first-order valence-electron chi connectivity index (χ1n) is 9.13. The molecule has 0 aromatic heterocycles. The minimum absolute atomic E-state index is 0.482. The number of benzene rings is 1. The van der Waals surface area contributed by atoms with E-state index >= 15 is 0 Å². The van der Waals surface area contributed by atoms with Crippen molar-refractivity contribution in [1.82, 2.24) is 4.90 Å². The molecule has 1 fully saturated rings. The van der Waals surface area contributed by atoms with Crippen LogP contribution >= 0.6 is 0 Å². The number of rotatable bonds is 8. The number of likely N-dealkylation sites (tertiary alicyclic amines) is 1. The number of hydrogen-bond acceptors (Lipinski definition) is 3. The summed E-state index contributed by atoms with van der Waals surface area (Å²) in [6.45, 7) is 7.71. The van der Waals surface area contributed by atoms with E-state index in [-0.39, 0.29) is 0 Å². The Kier molecular flexibility index (Phi) is 7.37. The normalized spacial score (nSPS) is 17.2. The van der Waals surface area contributed by atoms with E-state index in [4.69, 9.17) is 10.5 Å². The highest BCUT2D eigenvalue weighted by molar-refractivity contribution is 5.92. The zero-order valence-electron chi connectivity index (χ0n) is 15.3. The van der Waals surface area contributed by atoms with E-state index in [1.807, 2.05) is 24.3 Å². The minimum Gasteiger partial charge on any atom is -0.497 e. The maximum Gasteiger partial charge on any atom is 0.193 e. The maximum absolute atomic E-state index is 6.10. The van der Waals surface area contributed by atoms with Crippen molar-refractivity contribution < 1.29 is 4.74 Å². The number of anilines is 1. The number of ether oxygens (including phenoxy) is 1. The van der Waals surface area contributed by atoms with Crippen LogP contribution in [0, 0.1) is 5.92 Å². The largest absolute Gasteiger partial charge is 0.497 e. The van der Waals surface area contributed by atoms with Gasteiger partial charge in [0.05, 0.1) is 13.7 Å². The van der Waals surface area contributed by atoms with Crippen LogP contribution in [0.4, 0.5) is 5.69 Å². The average molecular weight is 332 g/mol. The van der Waals surface area contributed by atoms with Crippen LogP contribution in [0.5, 0.6) is 5.75 Å². The number of hydrogen-bond donors (Lipinski definition) is 2. The molecule has 0 saturated carbocycles. The van der Waals surface area contributed by atoms with Gasteiger partial charge in [0, 0.05) is 11.7 Å². The van der Waals surface area contributed by atoms with Crippen LogP contribution in [0.1, 0.15) is 39.5 Å². The second-order valence-electron chi connectivity index (χ2n) is 6.47. The van der Waals surface area contributed by atoms with Crippen LogP contribution in [-0.2, 0) is 0 Å². The second-order valence-corrected chi connectivity index (χ2v) is 6.47. The fourth-order valence-corrected chi connectivity index (χ4v) is 3.52. The standard InChI is InChI=1S/C19H32N4O/c1-4-15(5-2)18(23-12-6-7-13-23)14-21-19(20)22-16-8-10-17(24-3)11-9-16/h8-11,15,18H,4-7,12-14H2,1-3H3,(H3,20,21,22). The van der Waals surface area contributed by atoms with Crippen LogP contribution in [0.25, 0.3) is 0 Å². The van der Waals surface area contributed by atoms with Gasteiger partial charge in [0.25, 0.3) is 0 Å². The number of nitrogens with one attached hydrogen (secondary N) is 1. The molecule has 5 nitrogen and oxygen atoms in total. The van der Waals surface area contributed by atoms with Gasteiger partial charge >= 0.3 is 0 Å². The molecule has 5 heteroatoms. The molecule has 3 N–H and O–H groups in total. The lowest BCUT2D eigenvalue weighted by molar-refractivity contribution is 0.172. The molecular weight excluding hydrogens is 300 g/mol. The fourth-order valence-electron chi connectivity index (χ4n) is 3.52. The van der Waals surface area contributed by atoms with Crippen LogP contribution in [0.2, 0.25) is 0 Å². The van der Waals surface area contributed by atoms with E-state index in [0.717, 1.165) is 18.0 Å². The predicted octanol–water partition coefficient (Wildman–Crippen LogP) is 3.32. The summed E-state index contributed by atoms with van der Waals surface area (Å²) in [5.41, 5.74) is 7.02. The third-order valence-corrected chi connectivity index (χ3v) is 5.01. The third kappa shape index (κ3) is 5.13. The van der Waals surface area contributed by atoms with Crippen molar-refractivity contribution in [2.75, 3.05) is 32.1 Å². The SMILES string of the molecule is CCC(CC)C(CN=C(N)Nc1ccc(OC)cc1)N1CCCC1. The highest BCUT2D eigenvalue weighted by Gasteiger charge is 2.27. The Morgan fingerprint density at radius 3 is 2.38 bits per heavy atom. The van der Waals surface area contributed by atoms with Gasteiger partial charge in [-0.05, 0) is 56.1 Å². The van der Waals surface area contributed by atoms with Crippen molar-refractivity contribution in [2.24, 2.45) is 16.6 Å². The molecule has 1 aromatic carbocycles. The summed E-state index contributed by atoms with van der Waals surface area (Å²) in [7, 11) is 1.66. The van der Waals surface area contributed by atoms with Gasteiger partial charge in [-0.25, -0.2) is 0 Å². The number of methoxy groups -OCH3 is 1. The third-order valence-electron chi connectivity index (χ3n) is 5.01. The van der Waals surface area contributed by atoms with E-state index in [1.54, 1.807) is 7.11 Å². The van der Waals surface area contributed by atoms with Gasteiger partial charge in [-0.1, -0.05) is 26.7 Å². The van der Waals surface area contributed by atoms with Gasteiger partial charge in [-0.15, -0.1) is 0 Å². The zero-order chi connectivity index (χ0) is 17.4. The lowest BCUT2D eigenvalue weighted by Gasteiger charge is -2.32. The molecule has 24 heavy (non-hydrogen) atoms. The Labute approximate surface area is 146 Å². The summed E-state index contributed by atoms with van der Waals surface area (Å²) < 4.78 is 5.17. The van der Waals surface area contributed by atoms with Gasteiger partial charge in [-0.2, -0.15) is 0 Å². The molecule has 1 unspecified atom stereocenters. The summed E-state index contributed by atoms with van der Waals surface area (Å²) in [5.74, 6) is 2.00. The lowest BCUT2D eigenvalue weighted by Crippen LogP contribution is -2.41. The quantitative estimate of drug-likeness (QED) is 0.566. The van der Waals surface area contributed by atoms with E-state index in [9.17, 15) is 0 Å². The van der Waals surface area contributed by atoms with Crippen LogP contribution < -0.4 is 15.8 Å². The Bertz CT molecular complexity index is 503. The number of aliphatic imine (C=N–C) groups is 1. The first-order valence-corrected chi connectivity index (χ1v) is 9.13. The van der Waals surface area contributed by atoms with Gasteiger partial charge in [0.1, 0.15) is 5.75 Å². The number of nitrogens with zero attached hydrogens (tertiary/aromatic N) is 2. The van der Waals surface area contributed by atoms with E-state index < -0.39 is 0 Å². The smallest absolute Gasteiger partial charge is 0.193 e. The molecule has 1 aliphatic rings. The van der Waals surface area contributed by atoms with Gasteiger partial charge < -0.3 is 15.8 Å². The molecule has 1 atom stereocenters. The first kappa shape index (κ1) is 18.6. The van der Waals surface area contributed by atoms with Crippen molar-refractivity contribution in [3.8, 4) is 5.75 Å². The Morgan fingerprint density at radius 1 is 1.21 bits per heavy atom. The highest BCUT2D eigenvalue weighted by Crippen LogP contribution is 2.23. The van der Waals surface area contributed by atoms with E-state index in [1.165, 1.54) is 38.8 Å². The van der Waals surface area contributed by atoms with Crippen LogP contribution in [0.3, 0.4) is 0 Å². The molecule has 0 amide bonds. The molecule has 1 saturated heterocycles. The topological polar surface area (TPSA) is 62.9 Å². The molecule has 1 heterocycles. The molecular formula is C19H32N4O. The van der Waals surface area contributed by atoms with Crippen molar-refractivity contribution in [1.29, 1.82) is 0 Å². The summed E-state index contributed by atoms with van der Waals surface area (Å²) in [6.07, 6.45) is 5.00. The molecule has 0 radical (unpaired) electrons. The van der Waals surface area contributed by atoms with Crippen molar-refractivity contribution in [3.63, 3.8) is 0 Å². The summed E-state index contributed by atoms with van der Waals surface area (Å²) in [4.78, 5) is 7.23. The van der Waals surface area contributed by atoms with E-state index in [0.29, 0.717) is 17.9 Å². The molecule has 134 valence electrons. The molecule has 1 aromatic rings. The highest BCUT2D eigenvalue weighted by atomic mass is 16.5. The number of nitrogens with two attached hydrogens (primary N) is 1. The predicted molar refractivity (Wildman–Crippen MR) is 102 cm³/mol. The van der Waals surface area contributed by atoms with Crippen LogP contribution in [0.15, 0.2) is 29.3 Å². The molecule has 0 spiro atoms. The van der Waals surface area contributed by atoms with Crippen LogP contribution in [-0.4, -0.2) is 43.6 Å². The monoisotopic (exact) mass is 332 g/mol. The Balaban J connectivity index is 1.97. The summed E-state index contributed by atoms with van der Waals surface area (Å²) in [5, 5.41) is 3.17. The average Bonchev–Trinajstić information content (AvgIpc) is 3.13. The molecule has 0 bridgehead atoms. The molecule has 2 rings (SSSR count). The first-order chi connectivity index (χ1) is 11.7. The molecule has 0 aliphatic carbocycles. The fraction of sp³-hybridized carbons (Fsp3) is 0.632. The molecule has 1 aliphatic heterocycles. The number of guanidine groups is 1. The summed E-state index contributed by atoms with van der Waals surface area (Å²) >= 11 is 0. The second kappa shape index (κ2) is 9.52. The maximum atomic E-state index is 6.10. The minimum atomic E-state index is 0.482. The van der Waals surface area contributed by atoms with Gasteiger partial charge in [0.2, 0.25) is 0 Å². The Morgan fingerprint density at radius 2 is 1.83 bits per heavy atom. The zero-order valence-corrected chi connectivity index (χ0v) is 15.3. The summed E-state index contributed by atoms with van der Waals surface area (Å²) in [6, 6.07) is 8.21. The lowest BCUT2D eigenvalue weighted by atomic mass is 9.93. The van der Waals surface area contributed by atoms with E-state index in [2.05, 4.69) is 29.1 Å². The van der Waals surface area contributed by atoms with Crippen molar-refractivity contribution in [3.05, 3.63) is 24.3 Å².